The first kappa shape index (κ1) is 19.7. The number of amides is 1. The molecular formula is C18H18N2O7. The summed E-state index contributed by atoms with van der Waals surface area (Å²) in [5.74, 6) is -1.68. The fourth-order valence-electron chi connectivity index (χ4n) is 2.22. The number of aryl methyl sites for hydroxylation is 1. The number of non-ortho nitro benzene ring substituents is 1. The van der Waals surface area contributed by atoms with Gasteiger partial charge in [-0.25, -0.2) is 4.79 Å². The molecule has 0 fully saturated rings. The maximum atomic E-state index is 12.3. The number of aromatic hydroxyl groups is 1. The summed E-state index contributed by atoms with van der Waals surface area (Å²) >= 11 is 0. The molecule has 1 atom stereocenters. The van der Waals surface area contributed by atoms with E-state index in [1.54, 1.807) is 13.0 Å². The Balaban J connectivity index is 2.10. The Morgan fingerprint density at radius 3 is 2.56 bits per heavy atom. The van der Waals surface area contributed by atoms with Gasteiger partial charge in [-0.3, -0.25) is 14.9 Å². The quantitative estimate of drug-likeness (QED) is 0.452. The average Bonchev–Trinajstić information content (AvgIpc) is 2.63. The Hall–Kier alpha value is -3.62. The molecule has 0 bridgehead atoms. The molecule has 0 saturated carbocycles. The van der Waals surface area contributed by atoms with Gasteiger partial charge in [0.2, 0.25) is 0 Å². The lowest BCUT2D eigenvalue weighted by molar-refractivity contribution is -0.384. The number of hydrogen-bond donors (Lipinski definition) is 2. The average molecular weight is 374 g/mol. The van der Waals surface area contributed by atoms with Gasteiger partial charge in [-0.05, 0) is 32.0 Å². The van der Waals surface area contributed by atoms with Gasteiger partial charge in [-0.15, -0.1) is 0 Å². The highest BCUT2D eigenvalue weighted by Gasteiger charge is 2.22. The van der Waals surface area contributed by atoms with Crippen LogP contribution in [0.15, 0.2) is 36.4 Å². The van der Waals surface area contributed by atoms with Crippen molar-refractivity contribution in [3.63, 3.8) is 0 Å². The number of esters is 1. The van der Waals surface area contributed by atoms with E-state index in [1.165, 1.54) is 38.3 Å². The SMILES string of the molecule is COc1cc([N+](=O)[O-])ccc1NC(=O)[C@@H](C)OC(=O)c1cc(C)ccc1O. The van der Waals surface area contributed by atoms with Crippen LogP contribution in [0.2, 0.25) is 0 Å². The Labute approximate surface area is 154 Å². The van der Waals surface area contributed by atoms with Crippen LogP contribution < -0.4 is 10.1 Å². The molecule has 9 heteroatoms. The van der Waals surface area contributed by atoms with Crippen LogP contribution in [0, 0.1) is 17.0 Å². The second-order valence-corrected chi connectivity index (χ2v) is 5.70. The van der Waals surface area contributed by atoms with Crippen LogP contribution in [0.3, 0.4) is 0 Å². The summed E-state index contributed by atoms with van der Waals surface area (Å²) in [4.78, 5) is 34.7. The highest BCUT2D eigenvalue weighted by Crippen LogP contribution is 2.29. The van der Waals surface area contributed by atoms with Gasteiger partial charge < -0.3 is 19.9 Å². The maximum absolute atomic E-state index is 12.3. The van der Waals surface area contributed by atoms with Crippen molar-refractivity contribution in [3.05, 3.63) is 57.6 Å². The molecule has 9 nitrogen and oxygen atoms in total. The van der Waals surface area contributed by atoms with E-state index in [2.05, 4.69) is 5.32 Å². The third-order valence-corrected chi connectivity index (χ3v) is 3.68. The van der Waals surface area contributed by atoms with Gasteiger partial charge in [0, 0.05) is 6.07 Å². The molecule has 0 spiro atoms. The second-order valence-electron chi connectivity index (χ2n) is 5.70. The summed E-state index contributed by atoms with van der Waals surface area (Å²) in [6.45, 7) is 3.10. The van der Waals surface area contributed by atoms with Gasteiger partial charge in [-0.1, -0.05) is 11.6 Å². The lowest BCUT2D eigenvalue weighted by Crippen LogP contribution is -2.30. The maximum Gasteiger partial charge on any atom is 0.342 e. The zero-order chi connectivity index (χ0) is 20.1. The number of nitrogens with one attached hydrogen (secondary N) is 1. The summed E-state index contributed by atoms with van der Waals surface area (Å²) in [6.07, 6.45) is -1.18. The Bertz CT molecular complexity index is 895. The van der Waals surface area contributed by atoms with Crippen LogP contribution in [0.1, 0.15) is 22.8 Å². The molecule has 0 aliphatic rings. The summed E-state index contributed by atoms with van der Waals surface area (Å²) in [6, 6.07) is 8.12. The number of benzene rings is 2. The van der Waals surface area contributed by atoms with Crippen molar-refractivity contribution in [1.82, 2.24) is 0 Å². The number of nitro groups is 1. The summed E-state index contributed by atoms with van der Waals surface area (Å²) in [5.41, 5.74) is 0.684. The largest absolute Gasteiger partial charge is 0.507 e. The van der Waals surface area contributed by atoms with E-state index < -0.39 is 22.9 Å². The molecule has 0 aliphatic heterocycles. The van der Waals surface area contributed by atoms with Crippen LogP contribution in [0.4, 0.5) is 11.4 Å². The summed E-state index contributed by atoms with van der Waals surface area (Å²) < 4.78 is 10.1. The molecule has 0 saturated heterocycles. The van der Waals surface area contributed by atoms with Crippen molar-refractivity contribution in [2.45, 2.75) is 20.0 Å². The Morgan fingerprint density at radius 2 is 1.93 bits per heavy atom. The van der Waals surface area contributed by atoms with Crippen molar-refractivity contribution < 1.29 is 29.1 Å². The van der Waals surface area contributed by atoms with Crippen LogP contribution in [0.25, 0.3) is 0 Å². The zero-order valence-corrected chi connectivity index (χ0v) is 14.9. The van der Waals surface area contributed by atoms with Crippen molar-refractivity contribution in [2.24, 2.45) is 0 Å². The lowest BCUT2D eigenvalue weighted by Gasteiger charge is -2.15. The number of anilines is 1. The van der Waals surface area contributed by atoms with Crippen LogP contribution in [-0.4, -0.2) is 35.1 Å². The third-order valence-electron chi connectivity index (χ3n) is 3.68. The molecule has 2 aromatic rings. The van der Waals surface area contributed by atoms with E-state index in [0.29, 0.717) is 0 Å². The predicted octanol–water partition coefficient (Wildman–Crippen LogP) is 2.80. The highest BCUT2D eigenvalue weighted by atomic mass is 16.6. The fourth-order valence-corrected chi connectivity index (χ4v) is 2.22. The van der Waals surface area contributed by atoms with E-state index in [0.717, 1.165) is 11.6 Å². The Morgan fingerprint density at radius 1 is 1.22 bits per heavy atom. The van der Waals surface area contributed by atoms with Crippen molar-refractivity contribution in [1.29, 1.82) is 0 Å². The molecule has 0 radical (unpaired) electrons. The number of hydrogen-bond acceptors (Lipinski definition) is 7. The molecule has 0 unspecified atom stereocenters. The first-order chi connectivity index (χ1) is 12.7. The number of phenolic OH excluding ortho intramolecular Hbond substituents is 1. The van der Waals surface area contributed by atoms with Gasteiger partial charge in [0.25, 0.3) is 11.6 Å². The van der Waals surface area contributed by atoms with Gasteiger partial charge >= 0.3 is 5.97 Å². The number of nitro benzene ring substituents is 1. The first-order valence-corrected chi connectivity index (χ1v) is 7.86. The van der Waals surface area contributed by atoms with Crippen molar-refractivity contribution in [2.75, 3.05) is 12.4 Å². The molecule has 1 amide bonds. The first-order valence-electron chi connectivity index (χ1n) is 7.86. The summed E-state index contributed by atoms with van der Waals surface area (Å²) in [5, 5.41) is 23.0. The Kier molecular flexibility index (Phi) is 5.96. The minimum Gasteiger partial charge on any atom is -0.507 e. The second kappa shape index (κ2) is 8.17. The number of carbonyl (C=O) groups excluding carboxylic acids is 2. The molecule has 2 aromatic carbocycles. The molecule has 142 valence electrons. The normalized spacial score (nSPS) is 11.4. The van der Waals surface area contributed by atoms with Gasteiger partial charge in [0.15, 0.2) is 6.10 Å². The smallest absolute Gasteiger partial charge is 0.342 e. The number of methoxy groups -OCH3 is 1. The third kappa shape index (κ3) is 4.72. The van der Waals surface area contributed by atoms with E-state index in [-0.39, 0.29) is 28.4 Å². The van der Waals surface area contributed by atoms with Gasteiger partial charge in [-0.2, -0.15) is 0 Å². The van der Waals surface area contributed by atoms with Crippen molar-refractivity contribution in [3.8, 4) is 11.5 Å². The van der Waals surface area contributed by atoms with Crippen LogP contribution >= 0.6 is 0 Å². The number of phenols is 1. The number of carbonyl (C=O) groups is 2. The van der Waals surface area contributed by atoms with Crippen molar-refractivity contribution >= 4 is 23.3 Å². The standard InChI is InChI=1S/C18H18N2O7/c1-10-4-7-15(21)13(8-10)18(23)27-11(2)17(22)19-14-6-5-12(20(24)25)9-16(14)26-3/h4-9,11,21H,1-3H3,(H,19,22)/t11-/m1/s1. The molecule has 0 aliphatic carbocycles. The lowest BCUT2D eigenvalue weighted by atomic mass is 10.1. The fraction of sp³-hybridized carbons (Fsp3) is 0.222. The minimum atomic E-state index is -1.18. The topological polar surface area (TPSA) is 128 Å². The molecular weight excluding hydrogens is 356 g/mol. The van der Waals surface area contributed by atoms with Crippen LogP contribution in [-0.2, 0) is 9.53 Å². The van der Waals surface area contributed by atoms with E-state index >= 15 is 0 Å². The van der Waals surface area contributed by atoms with E-state index in [4.69, 9.17) is 9.47 Å². The number of nitrogens with zero attached hydrogens (tertiary/aromatic N) is 1. The predicted molar refractivity (Wildman–Crippen MR) is 96.0 cm³/mol. The number of rotatable bonds is 6. The summed E-state index contributed by atoms with van der Waals surface area (Å²) in [7, 11) is 1.30. The zero-order valence-electron chi connectivity index (χ0n) is 14.9. The highest BCUT2D eigenvalue weighted by molar-refractivity contribution is 5.99. The molecule has 2 rings (SSSR count). The molecule has 27 heavy (non-hydrogen) atoms. The number of ether oxygens (including phenoxy) is 2. The van der Waals surface area contributed by atoms with Gasteiger partial charge in [0.05, 0.1) is 23.8 Å². The van der Waals surface area contributed by atoms with E-state index in [1.807, 2.05) is 0 Å². The van der Waals surface area contributed by atoms with E-state index in [9.17, 15) is 24.8 Å². The van der Waals surface area contributed by atoms with Gasteiger partial charge in [0.1, 0.15) is 17.1 Å². The van der Waals surface area contributed by atoms with Crippen LogP contribution in [0.5, 0.6) is 11.5 Å². The molecule has 0 aromatic heterocycles. The molecule has 0 heterocycles. The minimum absolute atomic E-state index is 0.0532. The monoisotopic (exact) mass is 374 g/mol. The molecule has 2 N–H and O–H groups in total.